The molecule has 0 aromatic heterocycles. The van der Waals surface area contributed by atoms with E-state index in [1.807, 2.05) is 0 Å². The molecule has 0 aromatic carbocycles. The number of rotatable bonds is 1. The molecule has 0 aromatic rings. The minimum absolute atomic E-state index is 0.583. The van der Waals surface area contributed by atoms with E-state index in [9.17, 15) is 0 Å². The molecule has 0 heterocycles. The molecule has 6 heavy (non-hydrogen) atoms. The summed E-state index contributed by atoms with van der Waals surface area (Å²) in [5.41, 5.74) is 9.41. The topological polar surface area (TPSA) is 52.0 Å². The standard InChI is InChI=1S/C3H7N.CH5N/c1-2-3-4;1-2/h2H,1,3-4H2;2H2,1H3. The lowest BCUT2D eigenvalue weighted by Gasteiger charge is -1.61. The van der Waals surface area contributed by atoms with Crippen LogP contribution in [0.4, 0.5) is 0 Å². The molecule has 0 aliphatic rings. The van der Waals surface area contributed by atoms with E-state index in [0.717, 1.165) is 0 Å². The predicted octanol–water partition coefficient (Wildman–Crippen LogP) is -0.294. The van der Waals surface area contributed by atoms with Crippen LogP contribution >= 0.6 is 0 Å². The molecule has 0 unspecified atom stereocenters. The van der Waals surface area contributed by atoms with Crippen molar-refractivity contribution in [3.05, 3.63) is 12.7 Å². The third-order valence-electron chi connectivity index (χ3n) is 0.167. The highest BCUT2D eigenvalue weighted by atomic mass is 14.5. The second-order valence-corrected chi connectivity index (χ2v) is 0.524. The minimum Gasteiger partial charge on any atom is -0.333 e. The third kappa shape index (κ3) is 59.5. The Hall–Kier alpha value is -0.340. The summed E-state index contributed by atoms with van der Waals surface area (Å²) in [6.07, 6.45) is 1.65. The van der Waals surface area contributed by atoms with Gasteiger partial charge in [0.1, 0.15) is 0 Å². The van der Waals surface area contributed by atoms with Crippen LogP contribution in [-0.2, 0) is 0 Å². The van der Waals surface area contributed by atoms with Gasteiger partial charge >= 0.3 is 0 Å². The van der Waals surface area contributed by atoms with Gasteiger partial charge < -0.3 is 11.5 Å². The molecule has 0 amide bonds. The maximum Gasteiger partial charge on any atom is 0.0104 e. The zero-order chi connectivity index (χ0) is 5.41. The Bertz CT molecular complexity index is 19.5. The van der Waals surface area contributed by atoms with E-state index in [0.29, 0.717) is 6.54 Å². The molecular weight excluding hydrogens is 76.1 g/mol. The van der Waals surface area contributed by atoms with Gasteiger partial charge in [0.25, 0.3) is 0 Å². The summed E-state index contributed by atoms with van der Waals surface area (Å²) >= 11 is 0. The number of hydrogen-bond acceptors (Lipinski definition) is 2. The van der Waals surface area contributed by atoms with Gasteiger partial charge in [-0.15, -0.1) is 6.58 Å². The molecule has 0 radical (unpaired) electrons. The molecule has 0 spiro atoms. The molecule has 38 valence electrons. The quantitative estimate of drug-likeness (QED) is 0.432. The number of nitrogens with two attached hydrogens (primary N) is 2. The zero-order valence-corrected chi connectivity index (χ0v) is 4.15. The highest BCUT2D eigenvalue weighted by molar-refractivity contribution is 4.64. The Labute approximate surface area is 38.8 Å². The Morgan fingerprint density at radius 3 is 1.83 bits per heavy atom. The van der Waals surface area contributed by atoms with E-state index in [1.165, 1.54) is 7.05 Å². The summed E-state index contributed by atoms with van der Waals surface area (Å²) in [4.78, 5) is 0. The van der Waals surface area contributed by atoms with Crippen LogP contribution in [-0.4, -0.2) is 13.6 Å². The van der Waals surface area contributed by atoms with Gasteiger partial charge in [-0.3, -0.25) is 0 Å². The van der Waals surface area contributed by atoms with Crippen molar-refractivity contribution in [1.82, 2.24) is 0 Å². The van der Waals surface area contributed by atoms with Crippen LogP contribution in [0.5, 0.6) is 0 Å². The lowest BCUT2D eigenvalue weighted by molar-refractivity contribution is 1.26. The molecule has 0 saturated heterocycles. The Kier molecular flexibility index (Phi) is 34.6. The normalized spacial score (nSPS) is 5.17. The maximum absolute atomic E-state index is 4.91. The smallest absolute Gasteiger partial charge is 0.0104 e. The second-order valence-electron chi connectivity index (χ2n) is 0.524. The molecule has 2 nitrogen and oxygen atoms in total. The minimum atomic E-state index is 0.583. The van der Waals surface area contributed by atoms with Crippen molar-refractivity contribution in [1.29, 1.82) is 0 Å². The molecule has 0 bridgehead atoms. The lowest BCUT2D eigenvalue weighted by atomic mass is 10.7. The Morgan fingerprint density at radius 2 is 1.83 bits per heavy atom. The Morgan fingerprint density at radius 1 is 1.67 bits per heavy atom. The molecule has 0 fully saturated rings. The lowest BCUT2D eigenvalue weighted by Crippen LogP contribution is -1.90. The Balaban J connectivity index is 0. The van der Waals surface area contributed by atoms with Crippen LogP contribution in [0, 0.1) is 0 Å². The first-order chi connectivity index (χ1) is 2.91. The average molecular weight is 88.2 g/mol. The van der Waals surface area contributed by atoms with Crippen molar-refractivity contribution in [2.45, 2.75) is 0 Å². The summed E-state index contributed by atoms with van der Waals surface area (Å²) in [6.45, 7) is 3.94. The van der Waals surface area contributed by atoms with Gasteiger partial charge in [-0.2, -0.15) is 0 Å². The van der Waals surface area contributed by atoms with E-state index in [4.69, 9.17) is 5.73 Å². The maximum atomic E-state index is 4.91. The van der Waals surface area contributed by atoms with Gasteiger partial charge in [-0.05, 0) is 7.05 Å². The van der Waals surface area contributed by atoms with Crippen molar-refractivity contribution in [2.75, 3.05) is 13.6 Å². The van der Waals surface area contributed by atoms with Crippen molar-refractivity contribution in [3.8, 4) is 0 Å². The molecule has 0 aliphatic heterocycles. The van der Waals surface area contributed by atoms with Crippen molar-refractivity contribution >= 4 is 0 Å². The van der Waals surface area contributed by atoms with Crippen LogP contribution in [0.3, 0.4) is 0 Å². The van der Waals surface area contributed by atoms with Crippen molar-refractivity contribution in [2.24, 2.45) is 11.5 Å². The van der Waals surface area contributed by atoms with Gasteiger partial charge in [0, 0.05) is 6.54 Å². The first-order valence-corrected chi connectivity index (χ1v) is 1.80. The molecule has 0 rings (SSSR count). The van der Waals surface area contributed by atoms with Crippen LogP contribution in [0.2, 0.25) is 0 Å². The summed E-state index contributed by atoms with van der Waals surface area (Å²) in [7, 11) is 1.50. The van der Waals surface area contributed by atoms with Gasteiger partial charge in [0.05, 0.1) is 0 Å². The largest absolute Gasteiger partial charge is 0.333 e. The molecular formula is C4H12N2. The first-order valence-electron chi connectivity index (χ1n) is 1.80. The second kappa shape index (κ2) is 22.7. The SMILES string of the molecule is C=CCN.CN. The number of hydrogen-bond donors (Lipinski definition) is 2. The summed E-state index contributed by atoms with van der Waals surface area (Å²) in [5.74, 6) is 0. The predicted molar refractivity (Wildman–Crippen MR) is 29.4 cm³/mol. The highest BCUT2D eigenvalue weighted by Gasteiger charge is 1.43. The summed E-state index contributed by atoms with van der Waals surface area (Å²) in [5, 5.41) is 0. The fourth-order valence-electron chi connectivity index (χ4n) is 0. The van der Waals surface area contributed by atoms with Crippen LogP contribution in [0.1, 0.15) is 0 Å². The van der Waals surface area contributed by atoms with Gasteiger partial charge in [0.15, 0.2) is 0 Å². The molecule has 0 atom stereocenters. The first kappa shape index (κ1) is 9.18. The van der Waals surface area contributed by atoms with Crippen molar-refractivity contribution in [3.63, 3.8) is 0 Å². The monoisotopic (exact) mass is 88.1 g/mol. The third-order valence-corrected chi connectivity index (χ3v) is 0.167. The molecule has 4 N–H and O–H groups in total. The van der Waals surface area contributed by atoms with Gasteiger partial charge in [-0.25, -0.2) is 0 Å². The molecule has 0 aliphatic carbocycles. The van der Waals surface area contributed by atoms with Crippen LogP contribution in [0.15, 0.2) is 12.7 Å². The summed E-state index contributed by atoms with van der Waals surface area (Å²) in [6, 6.07) is 0. The van der Waals surface area contributed by atoms with Gasteiger partial charge in [-0.1, -0.05) is 6.08 Å². The van der Waals surface area contributed by atoms with Crippen LogP contribution < -0.4 is 11.5 Å². The van der Waals surface area contributed by atoms with Gasteiger partial charge in [0.2, 0.25) is 0 Å². The highest BCUT2D eigenvalue weighted by Crippen LogP contribution is 1.40. The fraction of sp³-hybridized carbons (Fsp3) is 0.500. The summed E-state index contributed by atoms with van der Waals surface area (Å²) < 4.78 is 0. The van der Waals surface area contributed by atoms with E-state index in [1.54, 1.807) is 6.08 Å². The van der Waals surface area contributed by atoms with Crippen LogP contribution in [0.25, 0.3) is 0 Å². The van der Waals surface area contributed by atoms with E-state index < -0.39 is 0 Å². The average Bonchev–Trinajstić information content (AvgIpc) is 1.72. The molecule has 2 heteroatoms. The van der Waals surface area contributed by atoms with E-state index in [-0.39, 0.29) is 0 Å². The van der Waals surface area contributed by atoms with E-state index >= 15 is 0 Å². The van der Waals surface area contributed by atoms with E-state index in [2.05, 4.69) is 12.3 Å². The fourth-order valence-corrected chi connectivity index (χ4v) is 0. The van der Waals surface area contributed by atoms with Crippen molar-refractivity contribution < 1.29 is 0 Å². The zero-order valence-electron chi connectivity index (χ0n) is 4.15. The molecule has 0 saturated carbocycles.